The van der Waals surface area contributed by atoms with Crippen LogP contribution in [0.15, 0.2) is 22.7 Å². The van der Waals surface area contributed by atoms with Gasteiger partial charge < -0.3 is 11.1 Å². The summed E-state index contributed by atoms with van der Waals surface area (Å²) < 4.78 is 0.906. The summed E-state index contributed by atoms with van der Waals surface area (Å²) in [5.41, 5.74) is 7.51. The number of rotatable bonds is 5. The van der Waals surface area contributed by atoms with Crippen LogP contribution in [0.2, 0.25) is 0 Å². The zero-order chi connectivity index (χ0) is 13.8. The maximum absolute atomic E-state index is 12.1. The highest BCUT2D eigenvalue weighted by Crippen LogP contribution is 2.16. The highest BCUT2D eigenvalue weighted by atomic mass is 79.9. The van der Waals surface area contributed by atoms with Crippen LogP contribution in [0.3, 0.4) is 0 Å². The van der Waals surface area contributed by atoms with Crippen LogP contribution in [-0.2, 0) is 0 Å². The predicted molar refractivity (Wildman–Crippen MR) is 86.0 cm³/mol. The molecule has 1 rings (SSSR count). The van der Waals surface area contributed by atoms with E-state index in [1.54, 1.807) is 0 Å². The van der Waals surface area contributed by atoms with E-state index in [2.05, 4.69) is 21.2 Å². The average Bonchev–Trinajstić information content (AvgIpc) is 2.38. The van der Waals surface area contributed by atoms with E-state index in [-0.39, 0.29) is 23.9 Å². The molecule has 0 saturated carbocycles. The molecule has 1 amide bonds. The van der Waals surface area contributed by atoms with E-state index in [1.807, 2.05) is 39.0 Å². The summed E-state index contributed by atoms with van der Waals surface area (Å²) in [5.74, 6) is -0.0643. The lowest BCUT2D eigenvalue weighted by molar-refractivity contribution is 0.0941. The Morgan fingerprint density at radius 1 is 1.37 bits per heavy atom. The molecule has 0 aliphatic carbocycles. The summed E-state index contributed by atoms with van der Waals surface area (Å²) >= 11 is 3.38. The maximum atomic E-state index is 12.1. The number of aryl methyl sites for hydroxylation is 1. The Morgan fingerprint density at radius 2 is 1.95 bits per heavy atom. The van der Waals surface area contributed by atoms with Gasteiger partial charge in [-0.05, 0) is 37.5 Å². The molecule has 0 fully saturated rings. The molecule has 0 unspecified atom stereocenters. The normalized spacial score (nSPS) is 10.8. The number of hydrogen-bond acceptors (Lipinski definition) is 2. The quantitative estimate of drug-likeness (QED) is 0.855. The van der Waals surface area contributed by atoms with Crippen LogP contribution >= 0.6 is 28.3 Å². The van der Waals surface area contributed by atoms with Crippen LogP contribution in [0.4, 0.5) is 0 Å². The van der Waals surface area contributed by atoms with E-state index in [9.17, 15) is 4.79 Å². The van der Waals surface area contributed by atoms with E-state index in [1.165, 1.54) is 0 Å². The molecule has 0 saturated heterocycles. The smallest absolute Gasteiger partial charge is 0.251 e. The van der Waals surface area contributed by atoms with Crippen molar-refractivity contribution in [2.75, 3.05) is 6.54 Å². The van der Waals surface area contributed by atoms with Crippen molar-refractivity contribution in [1.82, 2.24) is 5.32 Å². The molecule has 19 heavy (non-hydrogen) atoms. The summed E-state index contributed by atoms with van der Waals surface area (Å²) in [6, 6.07) is 5.69. The number of hydrogen-bond donors (Lipinski definition) is 2. The van der Waals surface area contributed by atoms with Gasteiger partial charge in [-0.15, -0.1) is 12.4 Å². The van der Waals surface area contributed by atoms with Crippen molar-refractivity contribution >= 4 is 34.2 Å². The van der Waals surface area contributed by atoms with Gasteiger partial charge in [-0.2, -0.15) is 0 Å². The second-order valence-corrected chi connectivity index (χ2v) is 5.63. The van der Waals surface area contributed by atoms with Gasteiger partial charge in [0.05, 0.1) is 0 Å². The summed E-state index contributed by atoms with van der Waals surface area (Å²) in [6.45, 7) is 6.52. The van der Waals surface area contributed by atoms with Crippen LogP contribution in [0.1, 0.15) is 42.6 Å². The topological polar surface area (TPSA) is 55.1 Å². The Bertz CT molecular complexity index is 433. The Hall–Kier alpha value is -0.580. The van der Waals surface area contributed by atoms with Crippen molar-refractivity contribution in [1.29, 1.82) is 0 Å². The van der Waals surface area contributed by atoms with Gasteiger partial charge in [0.25, 0.3) is 5.91 Å². The van der Waals surface area contributed by atoms with Gasteiger partial charge >= 0.3 is 0 Å². The van der Waals surface area contributed by atoms with Gasteiger partial charge in [-0.1, -0.05) is 35.8 Å². The highest BCUT2D eigenvalue weighted by Gasteiger charge is 2.21. The number of nitrogens with one attached hydrogen (secondary N) is 1. The van der Waals surface area contributed by atoms with Crippen LogP contribution in [0, 0.1) is 6.92 Å². The SMILES string of the molecule is CCC(N)(CC)CNC(=O)c1cc(Br)ccc1C.Cl. The Kier molecular flexibility index (Phi) is 7.64. The molecule has 3 N–H and O–H groups in total. The molecule has 5 heteroatoms. The minimum absolute atomic E-state index is 0. The van der Waals surface area contributed by atoms with E-state index in [0.717, 1.165) is 22.9 Å². The van der Waals surface area contributed by atoms with Gasteiger partial charge in [0.2, 0.25) is 0 Å². The number of carbonyl (C=O) groups excluding carboxylic acids is 1. The third kappa shape index (κ3) is 5.13. The van der Waals surface area contributed by atoms with Gasteiger partial charge in [-0.25, -0.2) is 0 Å². The number of amides is 1. The maximum Gasteiger partial charge on any atom is 0.251 e. The van der Waals surface area contributed by atoms with Crippen molar-refractivity contribution in [3.05, 3.63) is 33.8 Å². The first-order valence-corrected chi connectivity index (χ1v) is 7.04. The second kappa shape index (κ2) is 7.88. The van der Waals surface area contributed by atoms with Crippen molar-refractivity contribution in [3.8, 4) is 0 Å². The number of benzene rings is 1. The van der Waals surface area contributed by atoms with E-state index < -0.39 is 0 Å². The zero-order valence-electron chi connectivity index (χ0n) is 11.6. The fourth-order valence-electron chi connectivity index (χ4n) is 1.69. The fourth-order valence-corrected chi connectivity index (χ4v) is 2.05. The van der Waals surface area contributed by atoms with Gasteiger partial charge in [0.15, 0.2) is 0 Å². The molecule has 3 nitrogen and oxygen atoms in total. The summed E-state index contributed by atoms with van der Waals surface area (Å²) in [7, 11) is 0. The lowest BCUT2D eigenvalue weighted by atomic mass is 9.94. The van der Waals surface area contributed by atoms with Crippen LogP contribution in [0.25, 0.3) is 0 Å². The largest absolute Gasteiger partial charge is 0.350 e. The van der Waals surface area contributed by atoms with Crippen LogP contribution < -0.4 is 11.1 Å². The average molecular weight is 350 g/mol. The summed E-state index contributed by atoms with van der Waals surface area (Å²) in [6.07, 6.45) is 1.70. The molecule has 0 atom stereocenters. The van der Waals surface area contributed by atoms with Crippen molar-refractivity contribution in [2.45, 2.75) is 39.2 Å². The molecule has 0 aliphatic heterocycles. The second-order valence-electron chi connectivity index (χ2n) is 4.71. The van der Waals surface area contributed by atoms with Crippen molar-refractivity contribution in [2.24, 2.45) is 5.73 Å². The minimum atomic E-state index is -0.310. The lowest BCUT2D eigenvalue weighted by Crippen LogP contribution is -2.49. The molecular formula is C14H22BrClN2O. The van der Waals surface area contributed by atoms with Crippen molar-refractivity contribution in [3.63, 3.8) is 0 Å². The highest BCUT2D eigenvalue weighted by molar-refractivity contribution is 9.10. The molecule has 108 valence electrons. The third-order valence-corrected chi connectivity index (χ3v) is 3.95. The van der Waals surface area contributed by atoms with Crippen LogP contribution in [-0.4, -0.2) is 18.0 Å². The molecule has 0 heterocycles. The standard InChI is InChI=1S/C14H21BrN2O.ClH/c1-4-14(16,5-2)9-17-13(18)12-8-11(15)7-6-10(12)3;/h6-8H,4-5,9,16H2,1-3H3,(H,17,18);1H. The molecule has 1 aromatic carbocycles. The first kappa shape index (κ1) is 18.4. The minimum Gasteiger partial charge on any atom is -0.350 e. The summed E-state index contributed by atoms with van der Waals surface area (Å²) in [5, 5.41) is 2.92. The monoisotopic (exact) mass is 348 g/mol. The number of nitrogens with two attached hydrogens (primary N) is 1. The molecule has 0 aliphatic rings. The molecule has 0 spiro atoms. The predicted octanol–water partition coefficient (Wildman–Crippen LogP) is 3.43. The third-order valence-electron chi connectivity index (χ3n) is 3.45. The molecular weight excluding hydrogens is 328 g/mol. The van der Waals surface area contributed by atoms with Crippen molar-refractivity contribution < 1.29 is 4.79 Å². The summed E-state index contributed by atoms with van der Waals surface area (Å²) in [4.78, 5) is 12.1. The zero-order valence-corrected chi connectivity index (χ0v) is 14.0. The number of carbonyl (C=O) groups is 1. The Labute approximate surface area is 129 Å². The van der Waals surface area contributed by atoms with Gasteiger partial charge in [0, 0.05) is 22.1 Å². The Balaban J connectivity index is 0.00000324. The Morgan fingerprint density at radius 3 is 2.47 bits per heavy atom. The fraction of sp³-hybridized carbons (Fsp3) is 0.500. The lowest BCUT2D eigenvalue weighted by Gasteiger charge is -2.27. The molecule has 0 aromatic heterocycles. The molecule has 0 bridgehead atoms. The first-order valence-electron chi connectivity index (χ1n) is 6.25. The molecule has 0 radical (unpaired) electrons. The van der Waals surface area contributed by atoms with Gasteiger partial charge in [0.1, 0.15) is 0 Å². The van der Waals surface area contributed by atoms with E-state index in [4.69, 9.17) is 5.73 Å². The molecule has 1 aromatic rings. The number of halogens is 2. The van der Waals surface area contributed by atoms with Crippen LogP contribution in [0.5, 0.6) is 0 Å². The van der Waals surface area contributed by atoms with E-state index in [0.29, 0.717) is 12.1 Å². The first-order chi connectivity index (χ1) is 8.41. The van der Waals surface area contributed by atoms with Gasteiger partial charge in [-0.3, -0.25) is 4.79 Å². The van der Waals surface area contributed by atoms with E-state index >= 15 is 0 Å².